The number of phenolic OH excluding ortho intramolecular Hbond substituents is 1. The van der Waals surface area contributed by atoms with E-state index in [1.807, 2.05) is 0 Å². The molecule has 0 fully saturated rings. The lowest BCUT2D eigenvalue weighted by molar-refractivity contribution is -0.432. The van der Waals surface area contributed by atoms with Crippen molar-refractivity contribution in [2.24, 2.45) is 0 Å². The molecule has 2 aromatic rings. The first-order chi connectivity index (χ1) is 7.70. The molecule has 0 unspecified atom stereocenters. The van der Waals surface area contributed by atoms with Gasteiger partial charge in [-0.05, 0) is 35.7 Å². The Hall–Kier alpha value is -1.47. The summed E-state index contributed by atoms with van der Waals surface area (Å²) in [6.07, 6.45) is 0. The predicted molar refractivity (Wildman–Crippen MR) is 60.7 cm³/mol. The van der Waals surface area contributed by atoms with E-state index < -0.39 is 0 Å². The number of hydrogen-bond acceptors (Lipinski definition) is 6. The molecule has 0 aliphatic carbocycles. The fourth-order valence-corrected chi connectivity index (χ4v) is 1.89. The fraction of sp³-hybridized carbons (Fsp3) is 0. The summed E-state index contributed by atoms with van der Waals surface area (Å²) in [6.45, 7) is 0. The van der Waals surface area contributed by atoms with Crippen molar-refractivity contribution in [1.82, 2.24) is 0 Å². The molecule has 0 aliphatic rings. The van der Waals surface area contributed by atoms with Crippen molar-refractivity contribution in [2.45, 2.75) is 4.90 Å². The van der Waals surface area contributed by atoms with Crippen molar-refractivity contribution in [3.63, 3.8) is 0 Å². The van der Waals surface area contributed by atoms with Gasteiger partial charge in [0.15, 0.2) is 0 Å². The Morgan fingerprint density at radius 1 is 1.19 bits per heavy atom. The second kappa shape index (κ2) is 4.58. The van der Waals surface area contributed by atoms with Crippen LogP contribution in [0.25, 0.3) is 10.8 Å². The number of nitrogens with two attached hydrogens (primary N) is 1. The summed E-state index contributed by atoms with van der Waals surface area (Å²) < 4.78 is 4.28. The number of fused-ring (bicyclic) bond motifs is 1. The van der Waals surface area contributed by atoms with Crippen LogP contribution in [0.5, 0.6) is 5.75 Å². The molecular formula is C10H9NO4S. The van der Waals surface area contributed by atoms with Gasteiger partial charge in [0.1, 0.15) is 5.75 Å². The van der Waals surface area contributed by atoms with Crippen LogP contribution in [0.4, 0.5) is 5.69 Å². The highest BCUT2D eigenvalue weighted by Crippen LogP contribution is 2.32. The van der Waals surface area contributed by atoms with Gasteiger partial charge in [-0.3, -0.25) is 0 Å². The molecule has 5 nitrogen and oxygen atoms in total. The van der Waals surface area contributed by atoms with E-state index in [-0.39, 0.29) is 5.75 Å². The zero-order valence-corrected chi connectivity index (χ0v) is 8.90. The summed E-state index contributed by atoms with van der Waals surface area (Å²) in [5, 5.41) is 22.7. The predicted octanol–water partition coefficient (Wildman–Crippen LogP) is 2.56. The van der Waals surface area contributed by atoms with Crippen LogP contribution in [0, 0.1) is 0 Å². The van der Waals surface area contributed by atoms with Crippen LogP contribution < -0.4 is 5.73 Å². The van der Waals surface area contributed by atoms with Gasteiger partial charge in [0, 0.05) is 16.0 Å². The van der Waals surface area contributed by atoms with Crippen molar-refractivity contribution in [1.29, 1.82) is 0 Å². The van der Waals surface area contributed by atoms with E-state index in [4.69, 9.17) is 11.0 Å². The molecule has 0 saturated heterocycles. The molecule has 0 heterocycles. The number of hydrogen-bond donors (Lipinski definition) is 3. The van der Waals surface area contributed by atoms with E-state index in [9.17, 15) is 5.11 Å². The molecule has 0 bridgehead atoms. The smallest absolute Gasteiger partial charge is 0.124 e. The number of nitrogen functional groups attached to an aromatic ring is 1. The summed E-state index contributed by atoms with van der Waals surface area (Å²) in [4.78, 5) is 0.588. The lowest BCUT2D eigenvalue weighted by Crippen LogP contribution is -1.85. The van der Waals surface area contributed by atoms with Crippen molar-refractivity contribution in [2.75, 3.05) is 5.73 Å². The van der Waals surface area contributed by atoms with E-state index in [1.54, 1.807) is 24.3 Å². The van der Waals surface area contributed by atoms with Gasteiger partial charge in [0.05, 0.1) is 12.0 Å². The fourth-order valence-electron chi connectivity index (χ4n) is 1.44. The molecule has 16 heavy (non-hydrogen) atoms. The second-order valence-electron chi connectivity index (χ2n) is 3.15. The Bertz CT molecular complexity index is 517. The van der Waals surface area contributed by atoms with Gasteiger partial charge in [-0.2, -0.15) is 0 Å². The Balaban J connectivity index is 2.47. The minimum atomic E-state index is 0.113. The van der Waals surface area contributed by atoms with Gasteiger partial charge in [-0.15, -0.1) is 4.33 Å². The molecule has 2 rings (SSSR count). The van der Waals surface area contributed by atoms with Crippen LogP contribution in [-0.2, 0) is 9.37 Å². The molecule has 84 valence electrons. The summed E-state index contributed by atoms with van der Waals surface area (Å²) >= 11 is 0.782. The molecule has 0 saturated carbocycles. The minimum absolute atomic E-state index is 0.113. The average molecular weight is 239 g/mol. The number of rotatable bonds is 3. The van der Waals surface area contributed by atoms with Gasteiger partial charge < -0.3 is 10.8 Å². The standard InChI is InChI=1S/C10H9NO4S/c11-7-1-2-9-6(3-7)4-8(5-10(9)12)16-15-14-13/h1-5,12-13H,11H2. The minimum Gasteiger partial charge on any atom is -0.507 e. The van der Waals surface area contributed by atoms with Gasteiger partial charge in [0.2, 0.25) is 0 Å². The SMILES string of the molecule is Nc1ccc2c(O)cc(SOOO)cc2c1. The first kappa shape index (κ1) is 11.0. The molecule has 0 atom stereocenters. The summed E-state index contributed by atoms with van der Waals surface area (Å²) in [7, 11) is 0. The topological polar surface area (TPSA) is 84.9 Å². The third-order valence-corrected chi connectivity index (χ3v) is 2.65. The van der Waals surface area contributed by atoms with Gasteiger partial charge in [-0.25, -0.2) is 5.26 Å². The zero-order chi connectivity index (χ0) is 11.5. The quantitative estimate of drug-likeness (QED) is 0.330. The largest absolute Gasteiger partial charge is 0.507 e. The van der Waals surface area contributed by atoms with Crippen molar-refractivity contribution in [3.8, 4) is 5.75 Å². The highest BCUT2D eigenvalue weighted by Gasteiger charge is 2.05. The molecule has 0 spiro atoms. The molecule has 0 aliphatic heterocycles. The van der Waals surface area contributed by atoms with E-state index in [2.05, 4.69) is 9.37 Å². The molecule has 4 N–H and O–H groups in total. The Morgan fingerprint density at radius 2 is 2.00 bits per heavy atom. The highest BCUT2D eigenvalue weighted by molar-refractivity contribution is 7.94. The summed E-state index contributed by atoms with van der Waals surface area (Å²) in [6, 6.07) is 8.44. The van der Waals surface area contributed by atoms with Crippen LogP contribution in [0.1, 0.15) is 0 Å². The van der Waals surface area contributed by atoms with Crippen LogP contribution in [0.2, 0.25) is 0 Å². The first-order valence-corrected chi connectivity index (χ1v) is 5.12. The number of phenols is 1. The average Bonchev–Trinajstić information content (AvgIpc) is 2.25. The molecule has 2 aromatic carbocycles. The van der Waals surface area contributed by atoms with E-state index in [0.29, 0.717) is 16.0 Å². The molecular weight excluding hydrogens is 230 g/mol. The lowest BCUT2D eigenvalue weighted by atomic mass is 10.1. The normalized spacial score (nSPS) is 10.8. The molecule has 0 radical (unpaired) electrons. The number of benzene rings is 2. The van der Waals surface area contributed by atoms with Gasteiger partial charge >= 0.3 is 0 Å². The summed E-state index contributed by atoms with van der Waals surface area (Å²) in [5.41, 5.74) is 6.24. The third kappa shape index (κ3) is 2.20. The maximum absolute atomic E-state index is 9.73. The van der Waals surface area contributed by atoms with Crippen molar-refractivity contribution >= 4 is 28.5 Å². The zero-order valence-electron chi connectivity index (χ0n) is 8.08. The van der Waals surface area contributed by atoms with Crippen molar-refractivity contribution < 1.29 is 19.7 Å². The van der Waals surface area contributed by atoms with E-state index in [0.717, 1.165) is 17.4 Å². The second-order valence-corrected chi connectivity index (χ2v) is 3.92. The maximum atomic E-state index is 9.73. The first-order valence-electron chi connectivity index (χ1n) is 4.38. The highest BCUT2D eigenvalue weighted by atomic mass is 32.2. The van der Waals surface area contributed by atoms with Crippen LogP contribution in [0.3, 0.4) is 0 Å². The van der Waals surface area contributed by atoms with E-state index in [1.165, 1.54) is 6.07 Å². The Kier molecular flexibility index (Phi) is 3.16. The van der Waals surface area contributed by atoms with Crippen LogP contribution >= 0.6 is 12.0 Å². The van der Waals surface area contributed by atoms with Crippen LogP contribution in [-0.4, -0.2) is 10.4 Å². The Labute approximate surface area is 95.5 Å². The summed E-state index contributed by atoms with van der Waals surface area (Å²) in [5.74, 6) is 0.113. The van der Waals surface area contributed by atoms with E-state index >= 15 is 0 Å². The lowest BCUT2D eigenvalue weighted by Gasteiger charge is -2.05. The molecule has 6 heteroatoms. The number of aromatic hydroxyl groups is 1. The van der Waals surface area contributed by atoms with Crippen molar-refractivity contribution in [3.05, 3.63) is 30.3 Å². The monoisotopic (exact) mass is 239 g/mol. The number of anilines is 1. The molecule has 0 amide bonds. The molecule has 0 aromatic heterocycles. The third-order valence-electron chi connectivity index (χ3n) is 2.09. The Morgan fingerprint density at radius 3 is 2.75 bits per heavy atom. The maximum Gasteiger partial charge on any atom is 0.124 e. The van der Waals surface area contributed by atoms with Crippen LogP contribution in [0.15, 0.2) is 35.2 Å². The van der Waals surface area contributed by atoms with Gasteiger partial charge in [0.25, 0.3) is 0 Å². The van der Waals surface area contributed by atoms with Gasteiger partial charge in [-0.1, -0.05) is 5.04 Å².